The number of ether oxygens (including phenoxy) is 1. The van der Waals surface area contributed by atoms with Gasteiger partial charge in [0.1, 0.15) is 18.0 Å². The zero-order valence-corrected chi connectivity index (χ0v) is 18.1. The molecule has 0 amide bonds. The van der Waals surface area contributed by atoms with E-state index in [1.165, 1.54) is 0 Å². The second kappa shape index (κ2) is 10.4. The standard InChI is InChI=1S/C25H30N4O2/c1-2-24(30)23-20-29(25-22(23)10-6-11-26-25)13-7-12-27-14-16-28(17-15-27)18-19-31-21-8-4-3-5-9-21/h3-11,13,20H,2,12,14-19H2,1H3/b13-7+. The summed E-state index contributed by atoms with van der Waals surface area (Å²) >= 11 is 0. The topological polar surface area (TPSA) is 50.6 Å². The number of aromatic nitrogens is 2. The first-order valence-corrected chi connectivity index (χ1v) is 11.0. The van der Waals surface area contributed by atoms with Crippen LogP contribution in [0.15, 0.2) is 60.9 Å². The van der Waals surface area contributed by atoms with Crippen LogP contribution in [0.25, 0.3) is 17.2 Å². The summed E-state index contributed by atoms with van der Waals surface area (Å²) in [5, 5.41) is 0.922. The summed E-state index contributed by atoms with van der Waals surface area (Å²) in [5.41, 5.74) is 1.58. The second-order valence-corrected chi connectivity index (χ2v) is 7.79. The predicted molar refractivity (Wildman–Crippen MR) is 125 cm³/mol. The Morgan fingerprint density at radius 3 is 2.61 bits per heavy atom. The van der Waals surface area contributed by atoms with Gasteiger partial charge in [-0.25, -0.2) is 4.98 Å². The van der Waals surface area contributed by atoms with Crippen LogP contribution in [0.1, 0.15) is 23.7 Å². The third-order valence-electron chi connectivity index (χ3n) is 5.73. The maximum atomic E-state index is 12.3. The molecule has 31 heavy (non-hydrogen) atoms. The molecule has 1 aromatic carbocycles. The zero-order chi connectivity index (χ0) is 21.5. The molecule has 3 heterocycles. The van der Waals surface area contributed by atoms with E-state index < -0.39 is 0 Å². The van der Waals surface area contributed by atoms with Crippen molar-refractivity contribution in [1.29, 1.82) is 0 Å². The largest absolute Gasteiger partial charge is 0.492 e. The highest BCUT2D eigenvalue weighted by Crippen LogP contribution is 2.21. The number of piperazine rings is 1. The summed E-state index contributed by atoms with van der Waals surface area (Å²) in [5.74, 6) is 1.08. The lowest BCUT2D eigenvalue weighted by atomic mass is 10.1. The summed E-state index contributed by atoms with van der Waals surface area (Å²) < 4.78 is 7.78. The van der Waals surface area contributed by atoms with Gasteiger partial charge in [-0.3, -0.25) is 14.6 Å². The number of ketones is 1. The molecule has 0 radical (unpaired) electrons. The fourth-order valence-corrected chi connectivity index (χ4v) is 3.92. The molecule has 0 atom stereocenters. The van der Waals surface area contributed by atoms with E-state index in [4.69, 9.17) is 4.74 Å². The second-order valence-electron chi connectivity index (χ2n) is 7.79. The lowest BCUT2D eigenvalue weighted by molar-refractivity contribution is 0.0989. The molecule has 4 rings (SSSR count). The molecule has 0 aliphatic carbocycles. The Labute approximate surface area is 183 Å². The fourth-order valence-electron chi connectivity index (χ4n) is 3.92. The number of pyridine rings is 1. The normalized spacial score (nSPS) is 15.6. The van der Waals surface area contributed by atoms with Gasteiger partial charge in [-0.05, 0) is 24.3 Å². The third-order valence-corrected chi connectivity index (χ3v) is 5.73. The molecule has 0 N–H and O–H groups in total. The van der Waals surface area contributed by atoms with Crippen molar-refractivity contribution in [2.24, 2.45) is 0 Å². The van der Waals surface area contributed by atoms with E-state index >= 15 is 0 Å². The number of hydrogen-bond acceptors (Lipinski definition) is 5. The van der Waals surface area contributed by atoms with Crippen LogP contribution in [-0.4, -0.2) is 71.0 Å². The van der Waals surface area contributed by atoms with Gasteiger partial charge in [-0.1, -0.05) is 31.2 Å². The number of carbonyl (C=O) groups excluding carboxylic acids is 1. The molecule has 6 nitrogen and oxygen atoms in total. The lowest BCUT2D eigenvalue weighted by Crippen LogP contribution is -2.47. The van der Waals surface area contributed by atoms with Gasteiger partial charge in [0.05, 0.1) is 0 Å². The minimum absolute atomic E-state index is 0.150. The Kier molecular flexibility index (Phi) is 7.12. The van der Waals surface area contributed by atoms with Crippen molar-refractivity contribution < 1.29 is 9.53 Å². The Balaban J connectivity index is 1.26. The number of rotatable bonds is 9. The van der Waals surface area contributed by atoms with E-state index in [1.54, 1.807) is 6.20 Å². The van der Waals surface area contributed by atoms with Crippen molar-refractivity contribution in [3.05, 3.63) is 66.5 Å². The van der Waals surface area contributed by atoms with Gasteiger partial charge >= 0.3 is 0 Å². The van der Waals surface area contributed by atoms with Gasteiger partial charge in [0.25, 0.3) is 0 Å². The number of nitrogens with zero attached hydrogens (tertiary/aromatic N) is 4. The first-order chi connectivity index (χ1) is 15.2. The summed E-state index contributed by atoms with van der Waals surface area (Å²) in [4.78, 5) is 21.6. The number of hydrogen-bond donors (Lipinski definition) is 0. The van der Waals surface area contributed by atoms with E-state index in [9.17, 15) is 4.79 Å². The van der Waals surface area contributed by atoms with E-state index in [0.29, 0.717) is 6.42 Å². The van der Waals surface area contributed by atoms with Crippen LogP contribution in [0.3, 0.4) is 0 Å². The molecule has 0 spiro atoms. The number of fused-ring (bicyclic) bond motifs is 1. The Hall–Kier alpha value is -2.96. The van der Waals surface area contributed by atoms with Crippen molar-refractivity contribution in [3.63, 3.8) is 0 Å². The van der Waals surface area contributed by atoms with Crippen LogP contribution < -0.4 is 4.74 Å². The number of carbonyl (C=O) groups is 1. The van der Waals surface area contributed by atoms with Gasteiger partial charge in [0.2, 0.25) is 0 Å². The average Bonchev–Trinajstić information content (AvgIpc) is 3.19. The van der Waals surface area contributed by atoms with Crippen molar-refractivity contribution >= 4 is 23.0 Å². The maximum Gasteiger partial charge on any atom is 0.164 e. The molecule has 3 aromatic rings. The Bertz CT molecular complexity index is 1020. The van der Waals surface area contributed by atoms with Crippen molar-refractivity contribution in [2.75, 3.05) is 45.9 Å². The third kappa shape index (κ3) is 5.40. The monoisotopic (exact) mass is 418 g/mol. The summed E-state index contributed by atoms with van der Waals surface area (Å²) in [6.45, 7) is 8.64. The van der Waals surface area contributed by atoms with Crippen molar-refractivity contribution in [3.8, 4) is 5.75 Å². The minimum atomic E-state index is 0.150. The van der Waals surface area contributed by atoms with Crippen molar-refractivity contribution in [1.82, 2.24) is 19.4 Å². The molecule has 2 aromatic heterocycles. The van der Waals surface area contributed by atoms with E-state index in [-0.39, 0.29) is 5.78 Å². The predicted octanol–water partition coefficient (Wildman–Crippen LogP) is 3.80. The van der Waals surface area contributed by atoms with Gasteiger partial charge in [-0.15, -0.1) is 0 Å². The number of para-hydroxylation sites is 1. The Morgan fingerprint density at radius 1 is 1.06 bits per heavy atom. The van der Waals surface area contributed by atoms with Gasteiger partial charge in [0.15, 0.2) is 5.78 Å². The molecule has 6 heteroatoms. The molecule has 0 unspecified atom stereocenters. The molecular weight excluding hydrogens is 388 g/mol. The molecule has 0 bridgehead atoms. The van der Waals surface area contributed by atoms with Crippen molar-refractivity contribution in [2.45, 2.75) is 13.3 Å². The van der Waals surface area contributed by atoms with Crippen LogP contribution in [0, 0.1) is 0 Å². The van der Waals surface area contributed by atoms with Crippen LogP contribution in [0.4, 0.5) is 0 Å². The highest BCUT2D eigenvalue weighted by atomic mass is 16.5. The van der Waals surface area contributed by atoms with E-state index in [1.807, 2.05) is 66.4 Å². The number of benzene rings is 1. The minimum Gasteiger partial charge on any atom is -0.492 e. The first-order valence-electron chi connectivity index (χ1n) is 11.0. The summed E-state index contributed by atoms with van der Waals surface area (Å²) in [6, 6.07) is 13.8. The van der Waals surface area contributed by atoms with Crippen LogP contribution in [-0.2, 0) is 0 Å². The highest BCUT2D eigenvalue weighted by Gasteiger charge is 2.16. The van der Waals surface area contributed by atoms with Crippen LogP contribution in [0.5, 0.6) is 5.75 Å². The molecule has 162 valence electrons. The smallest absolute Gasteiger partial charge is 0.164 e. The Morgan fingerprint density at radius 2 is 1.84 bits per heavy atom. The fraction of sp³-hybridized carbons (Fsp3) is 0.360. The van der Waals surface area contributed by atoms with Gasteiger partial charge in [-0.2, -0.15) is 0 Å². The first kappa shape index (κ1) is 21.3. The highest BCUT2D eigenvalue weighted by molar-refractivity contribution is 6.07. The van der Waals surface area contributed by atoms with Crippen LogP contribution in [0.2, 0.25) is 0 Å². The summed E-state index contributed by atoms with van der Waals surface area (Å²) in [7, 11) is 0. The molecule has 1 fully saturated rings. The summed E-state index contributed by atoms with van der Waals surface area (Å²) in [6.07, 6.45) is 8.36. The molecule has 0 saturated carbocycles. The molecule has 1 aliphatic rings. The lowest BCUT2D eigenvalue weighted by Gasteiger charge is -2.33. The van der Waals surface area contributed by atoms with E-state index in [0.717, 1.165) is 68.2 Å². The van der Waals surface area contributed by atoms with Crippen LogP contribution >= 0.6 is 0 Å². The SMILES string of the molecule is CCC(=O)c1cn(/C=C/CN2CCN(CCOc3ccccc3)CC2)c2ncccc12. The zero-order valence-electron chi connectivity index (χ0n) is 18.1. The number of Topliss-reactive ketones (excluding diaryl/α,β-unsaturated/α-hetero) is 1. The molecule has 1 saturated heterocycles. The average molecular weight is 419 g/mol. The van der Waals surface area contributed by atoms with Gasteiger partial charge < -0.3 is 9.30 Å². The molecular formula is C25H30N4O2. The van der Waals surface area contributed by atoms with E-state index in [2.05, 4.69) is 20.9 Å². The maximum absolute atomic E-state index is 12.3. The molecule has 1 aliphatic heterocycles. The van der Waals surface area contributed by atoms with Gasteiger partial charge in [0, 0.05) is 75.2 Å². The quantitative estimate of drug-likeness (QED) is 0.495.